The molecule has 2 unspecified atom stereocenters. The Morgan fingerprint density at radius 2 is 1.79 bits per heavy atom. The number of aliphatic hydroxyl groups is 1. The van der Waals surface area contributed by atoms with E-state index in [1.54, 1.807) is 0 Å². The Bertz CT molecular complexity index is 436. The third kappa shape index (κ3) is 2.56. The van der Waals surface area contributed by atoms with Crippen molar-refractivity contribution in [3.63, 3.8) is 0 Å². The Morgan fingerprint density at radius 1 is 1.21 bits per heavy atom. The fourth-order valence-corrected chi connectivity index (χ4v) is 3.68. The van der Waals surface area contributed by atoms with Crippen molar-refractivity contribution in [1.29, 1.82) is 0 Å². The highest BCUT2D eigenvalue weighted by Gasteiger charge is 2.54. The van der Waals surface area contributed by atoms with Crippen molar-refractivity contribution in [1.82, 2.24) is 0 Å². The van der Waals surface area contributed by atoms with Gasteiger partial charge in [0, 0.05) is 5.92 Å². The standard InChI is InChI=1S/C17H26O2/c1-6-17(18,13-10-8-7-9-11-13)14-12-15(2,3)19-16(14,4)5/h7-11,14,18H,6,12H2,1-5H3. The SMILES string of the molecule is CCC(O)(c1ccccc1)C1CC(C)(C)OC1(C)C. The number of rotatable bonds is 3. The molecule has 2 heteroatoms. The Kier molecular flexibility index (Phi) is 3.53. The van der Waals surface area contributed by atoms with E-state index in [1.807, 2.05) is 30.3 Å². The monoisotopic (exact) mass is 262 g/mol. The molecule has 1 aromatic carbocycles. The van der Waals surface area contributed by atoms with Crippen LogP contribution in [0.15, 0.2) is 30.3 Å². The van der Waals surface area contributed by atoms with Gasteiger partial charge in [-0.25, -0.2) is 0 Å². The summed E-state index contributed by atoms with van der Waals surface area (Å²) in [5.41, 5.74) is -0.314. The first-order valence-corrected chi connectivity index (χ1v) is 7.19. The minimum absolute atomic E-state index is 0.0994. The maximum absolute atomic E-state index is 11.3. The lowest BCUT2D eigenvalue weighted by Crippen LogP contribution is -2.44. The van der Waals surface area contributed by atoms with Crippen LogP contribution in [-0.2, 0) is 10.3 Å². The van der Waals surface area contributed by atoms with Crippen molar-refractivity contribution in [2.45, 2.75) is 64.3 Å². The lowest BCUT2D eigenvalue weighted by atomic mass is 9.70. The molecule has 1 aromatic rings. The minimum atomic E-state index is -0.821. The highest BCUT2D eigenvalue weighted by molar-refractivity contribution is 5.25. The molecule has 0 aromatic heterocycles. The van der Waals surface area contributed by atoms with Crippen LogP contribution in [0.25, 0.3) is 0 Å². The van der Waals surface area contributed by atoms with E-state index in [0.717, 1.165) is 12.0 Å². The lowest BCUT2D eigenvalue weighted by Gasteiger charge is -2.40. The molecule has 1 aliphatic heterocycles. The van der Waals surface area contributed by atoms with E-state index in [1.165, 1.54) is 0 Å². The molecular weight excluding hydrogens is 236 g/mol. The van der Waals surface area contributed by atoms with E-state index in [2.05, 4.69) is 34.6 Å². The van der Waals surface area contributed by atoms with Crippen LogP contribution < -0.4 is 0 Å². The molecule has 0 saturated carbocycles. The van der Waals surface area contributed by atoms with E-state index in [9.17, 15) is 5.11 Å². The Morgan fingerprint density at radius 3 is 2.21 bits per heavy atom. The molecule has 0 spiro atoms. The van der Waals surface area contributed by atoms with E-state index in [0.29, 0.717) is 6.42 Å². The van der Waals surface area contributed by atoms with E-state index >= 15 is 0 Å². The zero-order chi connectivity index (χ0) is 14.3. The Labute approximate surface area is 116 Å². The second-order valence-corrected chi connectivity index (χ2v) is 6.87. The van der Waals surface area contributed by atoms with Crippen LogP contribution >= 0.6 is 0 Å². The summed E-state index contributed by atoms with van der Waals surface area (Å²) in [5.74, 6) is 0.0994. The van der Waals surface area contributed by atoms with Crippen molar-refractivity contribution >= 4 is 0 Å². The smallest absolute Gasteiger partial charge is 0.0950 e. The van der Waals surface area contributed by atoms with Gasteiger partial charge in [0.2, 0.25) is 0 Å². The highest BCUT2D eigenvalue weighted by Crippen LogP contribution is 2.51. The molecular formula is C17H26O2. The maximum atomic E-state index is 11.3. The van der Waals surface area contributed by atoms with Gasteiger partial charge in [-0.3, -0.25) is 0 Å². The summed E-state index contributed by atoms with van der Waals surface area (Å²) < 4.78 is 6.16. The highest BCUT2D eigenvalue weighted by atomic mass is 16.5. The minimum Gasteiger partial charge on any atom is -0.385 e. The molecule has 0 bridgehead atoms. The summed E-state index contributed by atoms with van der Waals surface area (Å²) in [6, 6.07) is 10.0. The predicted molar refractivity (Wildman–Crippen MR) is 78.0 cm³/mol. The Hall–Kier alpha value is -0.860. The zero-order valence-electron chi connectivity index (χ0n) is 12.7. The van der Waals surface area contributed by atoms with E-state index < -0.39 is 5.60 Å². The summed E-state index contributed by atoms with van der Waals surface area (Å²) in [6.07, 6.45) is 1.57. The number of benzene rings is 1. The van der Waals surface area contributed by atoms with Crippen LogP contribution in [0.4, 0.5) is 0 Å². The summed E-state index contributed by atoms with van der Waals surface area (Å²) in [5, 5.41) is 11.3. The number of ether oxygens (including phenoxy) is 1. The molecule has 1 aliphatic rings. The molecule has 1 saturated heterocycles. The van der Waals surface area contributed by atoms with Crippen LogP contribution in [0.5, 0.6) is 0 Å². The molecule has 2 rings (SSSR count). The van der Waals surface area contributed by atoms with Crippen molar-refractivity contribution in [2.24, 2.45) is 5.92 Å². The van der Waals surface area contributed by atoms with Crippen molar-refractivity contribution in [3.05, 3.63) is 35.9 Å². The first-order chi connectivity index (χ1) is 8.71. The Balaban J connectivity index is 2.42. The summed E-state index contributed by atoms with van der Waals surface area (Å²) in [4.78, 5) is 0. The molecule has 1 heterocycles. The van der Waals surface area contributed by atoms with Gasteiger partial charge in [0.05, 0.1) is 16.8 Å². The largest absolute Gasteiger partial charge is 0.385 e. The molecule has 19 heavy (non-hydrogen) atoms. The van der Waals surface area contributed by atoms with Crippen LogP contribution in [-0.4, -0.2) is 16.3 Å². The molecule has 1 fully saturated rings. The second-order valence-electron chi connectivity index (χ2n) is 6.87. The van der Waals surface area contributed by atoms with E-state index in [-0.39, 0.29) is 17.1 Å². The van der Waals surface area contributed by atoms with Gasteiger partial charge in [0.15, 0.2) is 0 Å². The van der Waals surface area contributed by atoms with Gasteiger partial charge in [0.25, 0.3) is 0 Å². The average molecular weight is 262 g/mol. The fourth-order valence-electron chi connectivity index (χ4n) is 3.68. The van der Waals surface area contributed by atoms with Crippen LogP contribution in [0.1, 0.15) is 53.0 Å². The van der Waals surface area contributed by atoms with Crippen LogP contribution in [0, 0.1) is 5.92 Å². The maximum Gasteiger partial charge on any atom is 0.0950 e. The first-order valence-electron chi connectivity index (χ1n) is 7.19. The lowest BCUT2D eigenvalue weighted by molar-refractivity contribution is -0.118. The molecule has 2 atom stereocenters. The molecule has 2 nitrogen and oxygen atoms in total. The molecule has 0 aliphatic carbocycles. The van der Waals surface area contributed by atoms with Gasteiger partial charge in [0.1, 0.15) is 0 Å². The fraction of sp³-hybridized carbons (Fsp3) is 0.647. The molecule has 1 N–H and O–H groups in total. The quantitative estimate of drug-likeness (QED) is 0.895. The van der Waals surface area contributed by atoms with Gasteiger partial charge in [-0.2, -0.15) is 0 Å². The average Bonchev–Trinajstić information content (AvgIpc) is 2.58. The van der Waals surface area contributed by atoms with Crippen LogP contribution in [0.2, 0.25) is 0 Å². The molecule has 0 radical (unpaired) electrons. The van der Waals surface area contributed by atoms with Crippen LogP contribution in [0.3, 0.4) is 0 Å². The predicted octanol–water partition coefficient (Wildman–Crippen LogP) is 3.88. The number of hydrogen-bond acceptors (Lipinski definition) is 2. The molecule has 106 valence electrons. The summed E-state index contributed by atoms with van der Waals surface area (Å²) >= 11 is 0. The van der Waals surface area contributed by atoms with Gasteiger partial charge < -0.3 is 9.84 Å². The summed E-state index contributed by atoms with van der Waals surface area (Å²) in [7, 11) is 0. The van der Waals surface area contributed by atoms with Crippen molar-refractivity contribution in [3.8, 4) is 0 Å². The first kappa shape index (κ1) is 14.5. The normalized spacial score (nSPS) is 28.0. The van der Waals surface area contributed by atoms with Crippen molar-refractivity contribution < 1.29 is 9.84 Å². The van der Waals surface area contributed by atoms with Gasteiger partial charge in [-0.1, -0.05) is 37.3 Å². The van der Waals surface area contributed by atoms with E-state index in [4.69, 9.17) is 4.74 Å². The number of hydrogen-bond donors (Lipinski definition) is 1. The third-order valence-electron chi connectivity index (χ3n) is 4.46. The van der Waals surface area contributed by atoms with Crippen molar-refractivity contribution in [2.75, 3.05) is 0 Å². The van der Waals surface area contributed by atoms with Gasteiger partial charge >= 0.3 is 0 Å². The third-order valence-corrected chi connectivity index (χ3v) is 4.46. The topological polar surface area (TPSA) is 29.5 Å². The van der Waals surface area contributed by atoms with Gasteiger partial charge in [-0.05, 0) is 46.1 Å². The molecule has 0 amide bonds. The zero-order valence-corrected chi connectivity index (χ0v) is 12.7. The van der Waals surface area contributed by atoms with Gasteiger partial charge in [-0.15, -0.1) is 0 Å². The summed E-state index contributed by atoms with van der Waals surface area (Å²) in [6.45, 7) is 10.5. The second kappa shape index (κ2) is 4.60.